The number of carbonyl (C=O) groups is 1. The number of Topliss-reactive ketones (excluding diaryl/α,β-unsaturated/α-hetero) is 1. The number of anilines is 1. The fourth-order valence-electron chi connectivity index (χ4n) is 3.03. The van der Waals surface area contributed by atoms with Crippen LogP contribution in [-0.4, -0.2) is 21.8 Å². The molecule has 0 aliphatic heterocycles. The molecule has 118 valence electrons. The van der Waals surface area contributed by atoms with Crippen LogP contribution in [0.1, 0.15) is 77.7 Å². The maximum atomic E-state index is 12.0. The van der Waals surface area contributed by atoms with Gasteiger partial charge in [0.25, 0.3) is 0 Å². The summed E-state index contributed by atoms with van der Waals surface area (Å²) < 4.78 is 0. The van der Waals surface area contributed by atoms with Crippen molar-refractivity contribution >= 4 is 11.6 Å². The molecule has 1 rings (SSSR count). The Morgan fingerprint density at radius 2 is 1.62 bits per heavy atom. The van der Waals surface area contributed by atoms with Crippen LogP contribution in [0.25, 0.3) is 0 Å². The Balaban J connectivity index is 3.39. The molecule has 0 aromatic carbocycles. The molecule has 0 bridgehead atoms. The molecule has 0 spiro atoms. The highest BCUT2D eigenvalue weighted by molar-refractivity contribution is 5.97. The summed E-state index contributed by atoms with van der Waals surface area (Å²) >= 11 is 0. The SMILES string of the molecule is CCC(=O)c1cnc(N(C(C)(C)C)C(C)(C)C)cc1CC. The molecule has 0 N–H and O–H groups in total. The van der Waals surface area contributed by atoms with E-state index in [-0.39, 0.29) is 16.9 Å². The average molecular weight is 290 g/mol. The number of hydrogen-bond donors (Lipinski definition) is 0. The fourth-order valence-corrected chi connectivity index (χ4v) is 3.03. The van der Waals surface area contributed by atoms with Crippen LogP contribution in [0.2, 0.25) is 0 Å². The van der Waals surface area contributed by atoms with E-state index in [1.165, 1.54) is 0 Å². The third-order valence-corrected chi connectivity index (χ3v) is 3.55. The van der Waals surface area contributed by atoms with Gasteiger partial charge in [-0.15, -0.1) is 0 Å². The maximum Gasteiger partial charge on any atom is 0.164 e. The summed E-state index contributed by atoms with van der Waals surface area (Å²) in [5.74, 6) is 1.11. The number of aromatic nitrogens is 1. The van der Waals surface area contributed by atoms with Gasteiger partial charge < -0.3 is 4.90 Å². The van der Waals surface area contributed by atoms with Gasteiger partial charge in [-0.1, -0.05) is 13.8 Å². The molecule has 1 heterocycles. The van der Waals surface area contributed by atoms with Gasteiger partial charge in [0.2, 0.25) is 0 Å². The van der Waals surface area contributed by atoms with E-state index in [4.69, 9.17) is 0 Å². The lowest BCUT2D eigenvalue weighted by Gasteiger charge is -2.46. The van der Waals surface area contributed by atoms with Crippen LogP contribution in [-0.2, 0) is 6.42 Å². The molecule has 0 unspecified atom stereocenters. The van der Waals surface area contributed by atoms with E-state index in [2.05, 4.69) is 64.4 Å². The summed E-state index contributed by atoms with van der Waals surface area (Å²) in [6.07, 6.45) is 3.12. The molecule has 1 aromatic heterocycles. The van der Waals surface area contributed by atoms with Crippen molar-refractivity contribution in [3.05, 3.63) is 23.4 Å². The van der Waals surface area contributed by atoms with Gasteiger partial charge in [-0.2, -0.15) is 0 Å². The molecule has 0 saturated heterocycles. The first kappa shape index (κ1) is 17.7. The zero-order chi connectivity index (χ0) is 16.4. The van der Waals surface area contributed by atoms with Crippen LogP contribution < -0.4 is 4.90 Å². The van der Waals surface area contributed by atoms with Gasteiger partial charge in [0.15, 0.2) is 5.78 Å². The molecule has 3 heteroatoms. The predicted octanol–water partition coefficient (Wildman–Crippen LogP) is 4.64. The minimum absolute atomic E-state index is 0.0352. The molecule has 0 saturated carbocycles. The van der Waals surface area contributed by atoms with Crippen LogP contribution in [0.4, 0.5) is 5.82 Å². The van der Waals surface area contributed by atoms with E-state index in [0.717, 1.165) is 23.4 Å². The topological polar surface area (TPSA) is 33.2 Å². The van der Waals surface area contributed by atoms with Crippen LogP contribution in [0.15, 0.2) is 12.3 Å². The highest BCUT2D eigenvalue weighted by Gasteiger charge is 2.32. The minimum Gasteiger partial charge on any atom is -0.347 e. The molecule has 1 aromatic rings. The third kappa shape index (κ3) is 4.05. The van der Waals surface area contributed by atoms with Gasteiger partial charge in [-0.05, 0) is 59.6 Å². The Hall–Kier alpha value is -1.38. The number of hydrogen-bond acceptors (Lipinski definition) is 3. The Morgan fingerprint density at radius 1 is 1.10 bits per heavy atom. The number of pyridine rings is 1. The molecule has 0 amide bonds. The van der Waals surface area contributed by atoms with Crippen molar-refractivity contribution in [3.8, 4) is 0 Å². The zero-order valence-electron chi connectivity index (χ0n) is 14.9. The second-order valence-electron chi connectivity index (χ2n) is 7.51. The largest absolute Gasteiger partial charge is 0.347 e. The molecule has 0 radical (unpaired) electrons. The highest BCUT2D eigenvalue weighted by Crippen LogP contribution is 2.31. The van der Waals surface area contributed by atoms with Crippen LogP contribution in [0, 0.1) is 0 Å². The Bertz CT molecular complexity index is 493. The van der Waals surface area contributed by atoms with Crippen molar-refractivity contribution in [2.75, 3.05) is 4.90 Å². The Morgan fingerprint density at radius 3 is 2.00 bits per heavy atom. The summed E-state index contributed by atoms with van der Waals surface area (Å²) in [6, 6.07) is 2.08. The summed E-state index contributed by atoms with van der Waals surface area (Å²) in [5, 5.41) is 0. The van der Waals surface area contributed by atoms with E-state index >= 15 is 0 Å². The number of ketones is 1. The Labute approximate surface area is 129 Å². The van der Waals surface area contributed by atoms with Crippen molar-refractivity contribution in [3.63, 3.8) is 0 Å². The number of nitrogens with zero attached hydrogens (tertiary/aromatic N) is 2. The fraction of sp³-hybridized carbons (Fsp3) is 0.667. The van der Waals surface area contributed by atoms with E-state index in [1.807, 2.05) is 6.92 Å². The van der Waals surface area contributed by atoms with Crippen molar-refractivity contribution in [2.24, 2.45) is 0 Å². The summed E-state index contributed by atoms with van der Waals surface area (Å²) in [4.78, 5) is 18.9. The maximum absolute atomic E-state index is 12.0. The van der Waals surface area contributed by atoms with E-state index in [9.17, 15) is 4.79 Å². The second-order valence-corrected chi connectivity index (χ2v) is 7.51. The number of carbonyl (C=O) groups excluding carboxylic acids is 1. The first-order valence-electron chi connectivity index (χ1n) is 7.84. The van der Waals surface area contributed by atoms with Gasteiger partial charge in [0, 0.05) is 29.3 Å². The molecule has 3 nitrogen and oxygen atoms in total. The van der Waals surface area contributed by atoms with Crippen LogP contribution >= 0.6 is 0 Å². The lowest BCUT2D eigenvalue weighted by atomic mass is 9.95. The van der Waals surface area contributed by atoms with Crippen LogP contribution in [0.3, 0.4) is 0 Å². The van der Waals surface area contributed by atoms with Crippen molar-refractivity contribution in [1.29, 1.82) is 0 Å². The molecule has 0 atom stereocenters. The predicted molar refractivity (Wildman–Crippen MR) is 90.2 cm³/mol. The molecular weight excluding hydrogens is 260 g/mol. The minimum atomic E-state index is -0.0352. The monoisotopic (exact) mass is 290 g/mol. The highest BCUT2D eigenvalue weighted by atomic mass is 16.1. The van der Waals surface area contributed by atoms with Gasteiger partial charge >= 0.3 is 0 Å². The first-order chi connectivity index (χ1) is 9.52. The van der Waals surface area contributed by atoms with Gasteiger partial charge in [-0.25, -0.2) is 4.98 Å². The van der Waals surface area contributed by atoms with Gasteiger partial charge in [0.05, 0.1) is 0 Å². The van der Waals surface area contributed by atoms with E-state index in [0.29, 0.717) is 6.42 Å². The third-order valence-electron chi connectivity index (χ3n) is 3.55. The second kappa shape index (κ2) is 6.17. The van der Waals surface area contributed by atoms with Crippen molar-refractivity contribution in [1.82, 2.24) is 4.98 Å². The lowest BCUT2D eigenvalue weighted by Crippen LogP contribution is -2.53. The summed E-state index contributed by atoms with van der Waals surface area (Å²) in [7, 11) is 0. The quantitative estimate of drug-likeness (QED) is 0.757. The zero-order valence-corrected chi connectivity index (χ0v) is 14.9. The van der Waals surface area contributed by atoms with E-state index in [1.54, 1.807) is 6.20 Å². The number of aryl methyl sites for hydroxylation is 1. The normalized spacial score (nSPS) is 12.4. The first-order valence-corrected chi connectivity index (χ1v) is 7.84. The van der Waals surface area contributed by atoms with Crippen LogP contribution in [0.5, 0.6) is 0 Å². The molecule has 0 aliphatic rings. The Kier molecular flexibility index (Phi) is 5.19. The number of rotatable bonds is 4. The smallest absolute Gasteiger partial charge is 0.164 e. The standard InChI is InChI=1S/C18H30N2O/c1-9-13-11-16(19-12-14(13)15(21)10-2)20(17(3,4)5)18(6,7)8/h11-12H,9-10H2,1-8H3. The van der Waals surface area contributed by atoms with Crippen molar-refractivity contribution in [2.45, 2.75) is 79.3 Å². The summed E-state index contributed by atoms with van der Waals surface area (Å²) in [6.45, 7) is 17.1. The molecule has 0 aliphatic carbocycles. The molecule has 21 heavy (non-hydrogen) atoms. The van der Waals surface area contributed by atoms with Gasteiger partial charge in [-0.3, -0.25) is 4.79 Å². The molecule has 0 fully saturated rings. The lowest BCUT2D eigenvalue weighted by molar-refractivity contribution is 0.0987. The van der Waals surface area contributed by atoms with E-state index < -0.39 is 0 Å². The summed E-state index contributed by atoms with van der Waals surface area (Å²) in [5.41, 5.74) is 1.79. The van der Waals surface area contributed by atoms with Gasteiger partial charge in [0.1, 0.15) is 5.82 Å². The average Bonchev–Trinajstić information content (AvgIpc) is 2.34. The molecular formula is C18H30N2O. The van der Waals surface area contributed by atoms with Crippen molar-refractivity contribution < 1.29 is 4.79 Å².